The van der Waals surface area contributed by atoms with Crippen LogP contribution in [-0.2, 0) is 14.8 Å². The van der Waals surface area contributed by atoms with Crippen LogP contribution in [0.5, 0.6) is 0 Å². The Bertz CT molecular complexity index is 885. The molecule has 136 valence electrons. The van der Waals surface area contributed by atoms with Crippen molar-refractivity contribution >= 4 is 61.4 Å². The zero-order valence-corrected chi connectivity index (χ0v) is 17.2. The summed E-state index contributed by atoms with van der Waals surface area (Å²) in [6.07, 6.45) is 2.90. The van der Waals surface area contributed by atoms with Gasteiger partial charge in [-0.2, -0.15) is 0 Å². The Labute approximate surface area is 159 Å². The molecular formula is C14H17ClN4O3S3. The van der Waals surface area contributed by atoms with Crippen LogP contribution in [0.3, 0.4) is 0 Å². The number of aryl methyl sites for hydroxylation is 1. The van der Waals surface area contributed by atoms with E-state index in [0.717, 1.165) is 10.6 Å². The molecule has 0 unspecified atom stereocenters. The average Bonchev–Trinajstić information content (AvgIpc) is 2.97. The number of nitrogens with one attached hydrogen (secondary N) is 1. The third-order valence-corrected chi connectivity index (χ3v) is 6.59. The van der Waals surface area contributed by atoms with Gasteiger partial charge in [0.2, 0.25) is 21.1 Å². The van der Waals surface area contributed by atoms with E-state index in [-0.39, 0.29) is 0 Å². The molecule has 7 nitrogen and oxygen atoms in total. The molecule has 0 saturated carbocycles. The number of benzene rings is 1. The standard InChI is InChI=1S/C14H17ClN4O3S3/c1-8-5-6-10(15)7-11(8)19(25(4,21)22)9(2)12(20)16-13-17-18-14(23-3)24-13/h5-7,9H,1-4H3,(H,16,17,20)/t9-/m0/s1. The number of rotatable bonds is 6. The summed E-state index contributed by atoms with van der Waals surface area (Å²) in [5, 5.41) is 11.1. The van der Waals surface area contributed by atoms with E-state index in [1.54, 1.807) is 19.1 Å². The first kappa shape index (κ1) is 20.0. The summed E-state index contributed by atoms with van der Waals surface area (Å²) < 4.78 is 26.4. The van der Waals surface area contributed by atoms with E-state index >= 15 is 0 Å². The van der Waals surface area contributed by atoms with Crippen LogP contribution >= 0.6 is 34.7 Å². The molecule has 0 fully saturated rings. The van der Waals surface area contributed by atoms with Gasteiger partial charge in [0.1, 0.15) is 6.04 Å². The van der Waals surface area contributed by atoms with Crippen LogP contribution in [0.15, 0.2) is 22.5 Å². The van der Waals surface area contributed by atoms with Crippen LogP contribution in [-0.4, -0.2) is 43.1 Å². The molecule has 0 aliphatic heterocycles. The van der Waals surface area contributed by atoms with Crippen molar-refractivity contribution in [2.45, 2.75) is 24.2 Å². The zero-order valence-electron chi connectivity index (χ0n) is 14.0. The number of thioether (sulfide) groups is 1. The van der Waals surface area contributed by atoms with Crippen LogP contribution in [0.25, 0.3) is 0 Å². The quantitative estimate of drug-likeness (QED) is 0.570. The van der Waals surface area contributed by atoms with E-state index in [1.165, 1.54) is 36.1 Å². The molecule has 25 heavy (non-hydrogen) atoms. The van der Waals surface area contributed by atoms with Gasteiger partial charge >= 0.3 is 0 Å². The molecule has 1 N–H and O–H groups in total. The van der Waals surface area contributed by atoms with E-state index in [9.17, 15) is 13.2 Å². The number of sulfonamides is 1. The minimum absolute atomic E-state index is 0.317. The Hall–Kier alpha value is -1.36. The number of aromatic nitrogens is 2. The number of carbonyl (C=O) groups excluding carboxylic acids is 1. The summed E-state index contributed by atoms with van der Waals surface area (Å²) >= 11 is 8.63. The highest BCUT2D eigenvalue weighted by molar-refractivity contribution is 8.00. The first-order valence-corrected chi connectivity index (χ1v) is 11.3. The second-order valence-corrected chi connectivity index (χ2v) is 9.56. The third-order valence-electron chi connectivity index (χ3n) is 3.31. The highest BCUT2D eigenvalue weighted by Gasteiger charge is 2.30. The van der Waals surface area contributed by atoms with Crippen molar-refractivity contribution in [2.24, 2.45) is 0 Å². The maximum Gasteiger partial charge on any atom is 0.249 e. The first-order chi connectivity index (χ1) is 11.6. The van der Waals surface area contributed by atoms with Gasteiger partial charge in [0, 0.05) is 5.02 Å². The molecule has 0 radical (unpaired) electrons. The Morgan fingerprint density at radius 3 is 2.64 bits per heavy atom. The molecule has 11 heteroatoms. The van der Waals surface area contributed by atoms with E-state index in [2.05, 4.69) is 15.5 Å². The lowest BCUT2D eigenvalue weighted by atomic mass is 10.2. The van der Waals surface area contributed by atoms with Crippen LogP contribution in [0, 0.1) is 6.92 Å². The fourth-order valence-corrected chi connectivity index (χ4v) is 4.72. The summed E-state index contributed by atoms with van der Waals surface area (Å²) in [6, 6.07) is 3.90. The van der Waals surface area contributed by atoms with Gasteiger partial charge in [-0.1, -0.05) is 40.8 Å². The van der Waals surface area contributed by atoms with Gasteiger partial charge in [-0.15, -0.1) is 10.2 Å². The van der Waals surface area contributed by atoms with Crippen molar-refractivity contribution in [3.05, 3.63) is 28.8 Å². The summed E-state index contributed by atoms with van der Waals surface area (Å²) in [4.78, 5) is 12.5. The Morgan fingerprint density at radius 2 is 2.08 bits per heavy atom. The number of nitrogens with zero attached hydrogens (tertiary/aromatic N) is 3. The molecule has 0 bridgehead atoms. The van der Waals surface area contributed by atoms with Gasteiger partial charge < -0.3 is 0 Å². The molecule has 1 atom stereocenters. The van der Waals surface area contributed by atoms with Crippen molar-refractivity contribution in [3.8, 4) is 0 Å². The highest BCUT2D eigenvalue weighted by atomic mass is 35.5. The molecule has 2 aromatic rings. The van der Waals surface area contributed by atoms with Crippen LogP contribution < -0.4 is 9.62 Å². The predicted octanol–water partition coefficient (Wildman–Crippen LogP) is 3.02. The molecule has 1 aromatic heterocycles. The molecule has 0 aliphatic rings. The number of amides is 1. The molecule has 1 heterocycles. The van der Waals surface area contributed by atoms with Crippen molar-refractivity contribution in [2.75, 3.05) is 22.1 Å². The Morgan fingerprint density at radius 1 is 1.40 bits per heavy atom. The lowest BCUT2D eigenvalue weighted by Crippen LogP contribution is -2.45. The number of halogens is 1. The smallest absolute Gasteiger partial charge is 0.249 e. The van der Waals surface area contributed by atoms with Crippen LogP contribution in [0.1, 0.15) is 12.5 Å². The van der Waals surface area contributed by atoms with Gasteiger partial charge in [-0.05, 0) is 37.8 Å². The summed E-state index contributed by atoms with van der Waals surface area (Å²) in [5.41, 5.74) is 1.05. The van der Waals surface area contributed by atoms with Crippen molar-refractivity contribution in [1.82, 2.24) is 10.2 Å². The second kappa shape index (κ2) is 7.90. The third kappa shape index (κ3) is 4.84. The van der Waals surface area contributed by atoms with Crippen molar-refractivity contribution in [3.63, 3.8) is 0 Å². The molecule has 0 saturated heterocycles. The number of anilines is 2. The van der Waals surface area contributed by atoms with Gasteiger partial charge in [-0.25, -0.2) is 8.42 Å². The summed E-state index contributed by atoms with van der Waals surface area (Å²) in [5.74, 6) is -0.506. The number of carbonyl (C=O) groups is 1. The summed E-state index contributed by atoms with van der Waals surface area (Å²) in [6.45, 7) is 3.26. The van der Waals surface area contributed by atoms with Crippen LogP contribution in [0.2, 0.25) is 5.02 Å². The minimum atomic E-state index is -3.72. The number of hydrogen-bond donors (Lipinski definition) is 1. The van der Waals surface area contributed by atoms with Crippen molar-refractivity contribution < 1.29 is 13.2 Å². The Balaban J connectivity index is 2.34. The van der Waals surface area contributed by atoms with E-state index < -0.39 is 22.0 Å². The number of hydrogen-bond acceptors (Lipinski definition) is 7. The lowest BCUT2D eigenvalue weighted by Gasteiger charge is -2.29. The van der Waals surface area contributed by atoms with E-state index in [0.29, 0.717) is 25.7 Å². The van der Waals surface area contributed by atoms with Crippen LogP contribution in [0.4, 0.5) is 10.8 Å². The topological polar surface area (TPSA) is 92.3 Å². The molecular weight excluding hydrogens is 404 g/mol. The van der Waals surface area contributed by atoms with E-state index in [1.807, 2.05) is 6.26 Å². The van der Waals surface area contributed by atoms with Gasteiger partial charge in [0.25, 0.3) is 0 Å². The van der Waals surface area contributed by atoms with Gasteiger partial charge in [0.15, 0.2) is 4.34 Å². The maximum atomic E-state index is 12.5. The Kier molecular flexibility index (Phi) is 6.30. The fraction of sp³-hybridized carbons (Fsp3) is 0.357. The minimum Gasteiger partial charge on any atom is -0.299 e. The monoisotopic (exact) mass is 420 g/mol. The molecule has 1 amide bonds. The highest BCUT2D eigenvalue weighted by Crippen LogP contribution is 2.29. The fourth-order valence-electron chi connectivity index (χ4n) is 2.15. The van der Waals surface area contributed by atoms with E-state index in [4.69, 9.17) is 11.6 Å². The molecule has 1 aromatic carbocycles. The average molecular weight is 421 g/mol. The maximum absolute atomic E-state index is 12.5. The second-order valence-electron chi connectivity index (χ2n) is 5.23. The normalized spacial score (nSPS) is 12.7. The summed E-state index contributed by atoms with van der Waals surface area (Å²) in [7, 11) is -3.72. The molecule has 0 aliphatic carbocycles. The molecule has 2 rings (SSSR count). The first-order valence-electron chi connectivity index (χ1n) is 7.07. The predicted molar refractivity (Wildman–Crippen MR) is 103 cm³/mol. The van der Waals surface area contributed by atoms with Crippen molar-refractivity contribution in [1.29, 1.82) is 0 Å². The zero-order chi connectivity index (χ0) is 18.8. The largest absolute Gasteiger partial charge is 0.299 e. The lowest BCUT2D eigenvalue weighted by molar-refractivity contribution is -0.116. The molecule has 0 spiro atoms. The van der Waals surface area contributed by atoms with Gasteiger partial charge in [0.05, 0.1) is 11.9 Å². The van der Waals surface area contributed by atoms with Gasteiger partial charge in [-0.3, -0.25) is 14.4 Å². The SMILES string of the molecule is CSc1nnc(NC(=O)[C@H](C)N(c2cc(Cl)ccc2C)S(C)(=O)=O)s1.